The topological polar surface area (TPSA) is 131 Å². The molecule has 1 atom stereocenters. The fourth-order valence-corrected chi connectivity index (χ4v) is 4.35. The van der Waals surface area contributed by atoms with Gasteiger partial charge in [-0.2, -0.15) is 0 Å². The molecule has 0 spiro atoms. The maximum atomic E-state index is 13.0. The Morgan fingerprint density at radius 2 is 1.82 bits per heavy atom. The van der Waals surface area contributed by atoms with Crippen molar-refractivity contribution in [1.29, 1.82) is 0 Å². The second-order valence-corrected chi connectivity index (χ2v) is 8.73. The van der Waals surface area contributed by atoms with Crippen molar-refractivity contribution in [3.8, 4) is 28.7 Å². The number of fused-ring (bicyclic) bond motifs is 1. The number of phenols is 2. The molecular weight excluding hydrogens is 484 g/mol. The zero-order valence-electron chi connectivity index (χ0n) is 20.7. The Morgan fingerprint density at radius 1 is 1.00 bits per heavy atom. The lowest BCUT2D eigenvalue weighted by atomic mass is 9.87. The Balaban J connectivity index is 1.31. The van der Waals surface area contributed by atoms with Gasteiger partial charge in [-0.25, -0.2) is 0 Å². The molecule has 0 bridgehead atoms. The highest BCUT2D eigenvalue weighted by molar-refractivity contribution is 5.86. The number of ether oxygens (including phenoxy) is 1. The van der Waals surface area contributed by atoms with Crippen molar-refractivity contribution in [2.45, 2.75) is 18.8 Å². The minimum absolute atomic E-state index is 0.0488. The predicted octanol–water partition coefficient (Wildman–Crippen LogP) is 4.59. The zero-order valence-corrected chi connectivity index (χ0v) is 20.7. The number of phenolic OH excluding ortho intramolecular Hbond substituents is 2. The summed E-state index contributed by atoms with van der Waals surface area (Å²) in [6.07, 6.45) is 2.05. The molecule has 5 rings (SSSR count). The molecule has 0 saturated carbocycles. The average molecular weight is 511 g/mol. The van der Waals surface area contributed by atoms with Crippen molar-refractivity contribution in [1.82, 2.24) is 20.5 Å². The van der Waals surface area contributed by atoms with E-state index in [0.29, 0.717) is 34.7 Å². The Kier molecular flexibility index (Phi) is 7.17. The highest BCUT2D eigenvalue weighted by Crippen LogP contribution is 2.38. The van der Waals surface area contributed by atoms with Crippen molar-refractivity contribution in [3.63, 3.8) is 0 Å². The van der Waals surface area contributed by atoms with E-state index in [1.807, 2.05) is 48.5 Å². The Labute approximate surface area is 218 Å². The first-order valence-corrected chi connectivity index (χ1v) is 12.1. The SMILES string of the molecule is COc1ccc(C(CC(=O)NCCc2nnc(-c3ccccc3O)o2)c2ccc3cccnc3c2O)cc1. The summed E-state index contributed by atoms with van der Waals surface area (Å²) in [5, 5.41) is 32.8. The number of aromatic hydroxyl groups is 2. The van der Waals surface area contributed by atoms with E-state index in [2.05, 4.69) is 20.5 Å². The van der Waals surface area contributed by atoms with Crippen molar-refractivity contribution < 1.29 is 24.2 Å². The molecule has 9 heteroatoms. The molecule has 2 aromatic heterocycles. The number of carbonyl (C=O) groups excluding carboxylic acids is 1. The van der Waals surface area contributed by atoms with Gasteiger partial charge in [0.25, 0.3) is 5.89 Å². The van der Waals surface area contributed by atoms with E-state index in [9.17, 15) is 15.0 Å². The lowest BCUT2D eigenvalue weighted by molar-refractivity contribution is -0.121. The van der Waals surface area contributed by atoms with Crippen LogP contribution in [0.3, 0.4) is 0 Å². The predicted molar refractivity (Wildman–Crippen MR) is 141 cm³/mol. The van der Waals surface area contributed by atoms with Gasteiger partial charge in [0.05, 0.1) is 12.7 Å². The van der Waals surface area contributed by atoms with Gasteiger partial charge in [0, 0.05) is 42.5 Å². The third kappa shape index (κ3) is 5.27. The highest BCUT2D eigenvalue weighted by Gasteiger charge is 2.23. The minimum Gasteiger partial charge on any atom is -0.507 e. The second kappa shape index (κ2) is 11.0. The van der Waals surface area contributed by atoms with Crippen molar-refractivity contribution in [2.24, 2.45) is 0 Å². The van der Waals surface area contributed by atoms with Crippen LogP contribution in [0.5, 0.6) is 17.2 Å². The van der Waals surface area contributed by atoms with Crippen molar-refractivity contribution in [3.05, 3.63) is 96.0 Å². The molecule has 38 heavy (non-hydrogen) atoms. The monoisotopic (exact) mass is 510 g/mol. The number of amides is 1. The van der Waals surface area contributed by atoms with Gasteiger partial charge >= 0.3 is 0 Å². The number of nitrogens with one attached hydrogen (secondary N) is 1. The van der Waals surface area contributed by atoms with Gasteiger partial charge in [0.15, 0.2) is 0 Å². The average Bonchev–Trinajstić information content (AvgIpc) is 3.41. The normalized spacial score (nSPS) is 11.8. The number of rotatable bonds is 9. The molecule has 0 aliphatic heterocycles. The summed E-state index contributed by atoms with van der Waals surface area (Å²) in [7, 11) is 1.59. The van der Waals surface area contributed by atoms with Crippen LogP contribution in [0.2, 0.25) is 0 Å². The van der Waals surface area contributed by atoms with Crippen LogP contribution in [0, 0.1) is 0 Å². The molecule has 0 radical (unpaired) electrons. The number of hydrogen-bond donors (Lipinski definition) is 3. The van der Waals surface area contributed by atoms with Crippen LogP contribution in [0.25, 0.3) is 22.4 Å². The summed E-state index contributed by atoms with van der Waals surface area (Å²) in [5.74, 6) is 0.740. The second-order valence-electron chi connectivity index (χ2n) is 8.73. The van der Waals surface area contributed by atoms with E-state index in [0.717, 1.165) is 10.9 Å². The molecule has 2 heterocycles. The van der Waals surface area contributed by atoms with Gasteiger partial charge < -0.3 is 24.7 Å². The summed E-state index contributed by atoms with van der Waals surface area (Å²) in [6.45, 7) is 0.280. The molecule has 3 N–H and O–H groups in total. The molecule has 1 amide bonds. The number of methoxy groups -OCH3 is 1. The number of para-hydroxylation sites is 1. The molecule has 0 aliphatic carbocycles. The summed E-state index contributed by atoms with van der Waals surface area (Å²) in [6, 6.07) is 21.5. The largest absolute Gasteiger partial charge is 0.507 e. The smallest absolute Gasteiger partial charge is 0.251 e. The molecule has 9 nitrogen and oxygen atoms in total. The molecule has 192 valence electrons. The van der Waals surface area contributed by atoms with Crippen LogP contribution in [0.1, 0.15) is 29.4 Å². The van der Waals surface area contributed by atoms with E-state index in [1.165, 1.54) is 0 Å². The standard InChI is InChI=1S/C29H26N4O5/c1-37-20-11-8-18(9-12-20)23(21-13-10-19-5-4-15-31-27(19)28(21)36)17-25(35)30-16-14-26-32-33-29(38-26)22-6-2-3-7-24(22)34/h2-13,15,23,34,36H,14,16-17H2,1H3,(H,30,35). The third-order valence-corrected chi connectivity index (χ3v) is 6.32. The van der Waals surface area contributed by atoms with Gasteiger partial charge in [0.1, 0.15) is 22.8 Å². The van der Waals surface area contributed by atoms with E-state index in [-0.39, 0.29) is 36.3 Å². The number of nitrogens with zero attached hydrogens (tertiary/aromatic N) is 3. The van der Waals surface area contributed by atoms with Crippen LogP contribution >= 0.6 is 0 Å². The van der Waals surface area contributed by atoms with E-state index < -0.39 is 5.92 Å². The molecular formula is C29H26N4O5. The van der Waals surface area contributed by atoms with Gasteiger partial charge in [-0.15, -0.1) is 10.2 Å². The summed E-state index contributed by atoms with van der Waals surface area (Å²) in [4.78, 5) is 17.4. The lowest BCUT2D eigenvalue weighted by Gasteiger charge is -2.20. The summed E-state index contributed by atoms with van der Waals surface area (Å²) in [5.41, 5.74) is 2.40. The number of aromatic nitrogens is 3. The van der Waals surface area contributed by atoms with E-state index in [1.54, 1.807) is 37.6 Å². The van der Waals surface area contributed by atoms with Gasteiger partial charge in [-0.05, 0) is 35.9 Å². The number of hydrogen-bond acceptors (Lipinski definition) is 8. The van der Waals surface area contributed by atoms with E-state index >= 15 is 0 Å². The fourth-order valence-electron chi connectivity index (χ4n) is 4.35. The quantitative estimate of drug-likeness (QED) is 0.263. The molecule has 0 saturated heterocycles. The summed E-state index contributed by atoms with van der Waals surface area (Å²) >= 11 is 0. The first-order valence-electron chi connectivity index (χ1n) is 12.1. The fraction of sp³-hybridized carbons (Fsp3) is 0.172. The Morgan fingerprint density at radius 3 is 2.61 bits per heavy atom. The maximum Gasteiger partial charge on any atom is 0.251 e. The van der Waals surface area contributed by atoms with Crippen LogP contribution in [-0.2, 0) is 11.2 Å². The lowest BCUT2D eigenvalue weighted by Crippen LogP contribution is -2.27. The van der Waals surface area contributed by atoms with Gasteiger partial charge in [0.2, 0.25) is 11.8 Å². The van der Waals surface area contributed by atoms with Crippen molar-refractivity contribution >= 4 is 16.8 Å². The number of pyridine rings is 1. The van der Waals surface area contributed by atoms with Crippen molar-refractivity contribution in [2.75, 3.05) is 13.7 Å². The maximum absolute atomic E-state index is 13.0. The molecule has 1 unspecified atom stereocenters. The molecule has 5 aromatic rings. The first kappa shape index (κ1) is 24.8. The number of carbonyl (C=O) groups is 1. The number of benzene rings is 3. The van der Waals surface area contributed by atoms with Crippen LogP contribution in [-0.4, -0.2) is 45.0 Å². The molecule has 0 fully saturated rings. The zero-order chi connectivity index (χ0) is 26.5. The molecule has 0 aliphatic rings. The van der Waals surface area contributed by atoms with Gasteiger partial charge in [-0.1, -0.05) is 42.5 Å². The van der Waals surface area contributed by atoms with Crippen LogP contribution in [0.4, 0.5) is 0 Å². The summed E-state index contributed by atoms with van der Waals surface area (Å²) < 4.78 is 10.9. The first-order chi connectivity index (χ1) is 18.5. The van der Waals surface area contributed by atoms with Crippen LogP contribution < -0.4 is 10.1 Å². The third-order valence-electron chi connectivity index (χ3n) is 6.32. The Hall–Kier alpha value is -4.92. The van der Waals surface area contributed by atoms with Crippen LogP contribution in [0.15, 0.2) is 83.4 Å². The van der Waals surface area contributed by atoms with E-state index in [4.69, 9.17) is 9.15 Å². The Bertz CT molecular complexity index is 1570. The minimum atomic E-state index is -0.414. The van der Waals surface area contributed by atoms with Gasteiger partial charge in [-0.3, -0.25) is 9.78 Å². The highest BCUT2D eigenvalue weighted by atomic mass is 16.5. The molecule has 3 aromatic carbocycles.